The van der Waals surface area contributed by atoms with Gasteiger partial charge in [0.1, 0.15) is 0 Å². The molecule has 1 aliphatic rings. The van der Waals surface area contributed by atoms with Crippen LogP contribution < -0.4 is 4.72 Å². The van der Waals surface area contributed by atoms with Gasteiger partial charge < -0.3 is 0 Å². The highest BCUT2D eigenvalue weighted by Gasteiger charge is 2.39. The van der Waals surface area contributed by atoms with Crippen molar-refractivity contribution in [2.75, 3.05) is 0 Å². The summed E-state index contributed by atoms with van der Waals surface area (Å²) >= 11 is 3.33. The smallest absolute Gasteiger partial charge is 0.207 e. The predicted octanol–water partition coefficient (Wildman–Crippen LogP) is 1.98. The molecule has 76 valence electrons. The van der Waals surface area contributed by atoms with Gasteiger partial charge >= 0.3 is 0 Å². The Balaban J connectivity index is 2.79. The average molecular weight is 276 g/mol. The molecule has 0 amide bonds. The van der Waals surface area contributed by atoms with E-state index in [0.717, 1.165) is 10.0 Å². The van der Waals surface area contributed by atoms with Gasteiger partial charge in [-0.2, -0.15) is 0 Å². The molecule has 1 heterocycles. The van der Waals surface area contributed by atoms with Crippen LogP contribution >= 0.6 is 15.9 Å². The van der Waals surface area contributed by atoms with E-state index >= 15 is 0 Å². The summed E-state index contributed by atoms with van der Waals surface area (Å²) in [6.45, 7) is 3.70. The number of sulfonamides is 1. The highest BCUT2D eigenvalue weighted by molar-refractivity contribution is 9.10. The van der Waals surface area contributed by atoms with E-state index in [2.05, 4.69) is 20.7 Å². The summed E-state index contributed by atoms with van der Waals surface area (Å²) in [4.78, 5) is 0.380. The number of fused-ring (bicyclic) bond motifs is 1. The molecule has 0 aliphatic carbocycles. The Kier molecular flexibility index (Phi) is 2.03. The molecule has 0 radical (unpaired) electrons. The van der Waals surface area contributed by atoms with Crippen LogP contribution in [0, 0.1) is 0 Å². The molecular formula is C9H10BrNO2S. The van der Waals surface area contributed by atoms with Crippen molar-refractivity contribution in [1.29, 1.82) is 0 Å². The summed E-state index contributed by atoms with van der Waals surface area (Å²) in [6.07, 6.45) is 0. The van der Waals surface area contributed by atoms with Crippen LogP contribution in [0.15, 0.2) is 27.6 Å². The van der Waals surface area contributed by atoms with Crippen molar-refractivity contribution < 1.29 is 8.42 Å². The molecule has 0 bridgehead atoms. The van der Waals surface area contributed by atoms with E-state index in [9.17, 15) is 8.42 Å². The van der Waals surface area contributed by atoms with Crippen LogP contribution in [-0.4, -0.2) is 8.42 Å². The molecule has 3 nitrogen and oxygen atoms in total. The molecule has 1 aromatic rings. The van der Waals surface area contributed by atoms with Gasteiger partial charge in [0.05, 0.1) is 10.4 Å². The Hall–Kier alpha value is -0.390. The Bertz CT molecular complexity index is 494. The Morgan fingerprint density at radius 3 is 2.64 bits per heavy atom. The molecule has 1 aromatic carbocycles. The van der Waals surface area contributed by atoms with Crippen molar-refractivity contribution in [3.8, 4) is 0 Å². The van der Waals surface area contributed by atoms with Crippen LogP contribution in [0.2, 0.25) is 0 Å². The number of rotatable bonds is 0. The normalized spacial score (nSPS) is 21.9. The highest BCUT2D eigenvalue weighted by Crippen LogP contribution is 2.36. The molecular weight excluding hydrogens is 266 g/mol. The minimum Gasteiger partial charge on any atom is -0.207 e. The van der Waals surface area contributed by atoms with E-state index in [4.69, 9.17) is 0 Å². The second kappa shape index (κ2) is 2.81. The summed E-state index contributed by atoms with van der Waals surface area (Å²) in [6, 6.07) is 5.20. The molecule has 0 atom stereocenters. The van der Waals surface area contributed by atoms with Crippen LogP contribution in [0.4, 0.5) is 0 Å². The lowest BCUT2D eigenvalue weighted by atomic mass is 9.96. The SMILES string of the molecule is CC1(C)NS(=O)(=O)c2ccc(Br)cc21. The molecule has 1 N–H and O–H groups in total. The first-order valence-corrected chi connectivity index (χ1v) is 6.44. The first-order valence-electron chi connectivity index (χ1n) is 4.17. The maximum Gasteiger partial charge on any atom is 0.241 e. The molecule has 0 saturated heterocycles. The molecule has 0 spiro atoms. The lowest BCUT2D eigenvalue weighted by Crippen LogP contribution is -2.32. The predicted molar refractivity (Wildman–Crippen MR) is 57.5 cm³/mol. The standard InChI is InChI=1S/C9H10BrNO2S/c1-9(2)7-5-6(10)3-4-8(7)14(12,13)11-9/h3-5,11H,1-2H3. The number of halogens is 1. The van der Waals surface area contributed by atoms with Crippen molar-refractivity contribution in [3.05, 3.63) is 28.2 Å². The van der Waals surface area contributed by atoms with Crippen LogP contribution in [-0.2, 0) is 15.6 Å². The fourth-order valence-corrected chi connectivity index (χ4v) is 3.77. The van der Waals surface area contributed by atoms with Gasteiger partial charge in [-0.25, -0.2) is 13.1 Å². The van der Waals surface area contributed by atoms with Gasteiger partial charge in [0.25, 0.3) is 0 Å². The molecule has 0 unspecified atom stereocenters. The lowest BCUT2D eigenvalue weighted by molar-refractivity contribution is 0.494. The second-order valence-corrected chi connectivity index (χ2v) is 6.44. The minimum atomic E-state index is -3.30. The number of hydrogen-bond acceptors (Lipinski definition) is 2. The van der Waals surface area contributed by atoms with E-state index in [1.54, 1.807) is 12.1 Å². The zero-order chi connectivity index (χ0) is 10.6. The third-order valence-corrected chi connectivity index (χ3v) is 4.50. The summed E-state index contributed by atoms with van der Waals surface area (Å²) in [5.74, 6) is 0. The van der Waals surface area contributed by atoms with Gasteiger partial charge in [-0.3, -0.25) is 0 Å². The lowest BCUT2D eigenvalue weighted by Gasteiger charge is -2.17. The van der Waals surface area contributed by atoms with E-state index in [1.807, 2.05) is 19.9 Å². The van der Waals surface area contributed by atoms with Crippen LogP contribution in [0.25, 0.3) is 0 Å². The quantitative estimate of drug-likeness (QED) is 0.787. The summed E-state index contributed by atoms with van der Waals surface area (Å²) in [5.41, 5.74) is 0.296. The van der Waals surface area contributed by atoms with Crippen LogP contribution in [0.3, 0.4) is 0 Å². The zero-order valence-corrected chi connectivity index (χ0v) is 10.2. The van der Waals surface area contributed by atoms with Crippen LogP contribution in [0.5, 0.6) is 0 Å². The zero-order valence-electron chi connectivity index (χ0n) is 7.83. The molecule has 0 aromatic heterocycles. The first-order chi connectivity index (χ1) is 6.33. The van der Waals surface area contributed by atoms with Gasteiger partial charge in [-0.15, -0.1) is 0 Å². The Morgan fingerprint density at radius 2 is 2.00 bits per heavy atom. The van der Waals surface area contributed by atoms with Crippen molar-refractivity contribution >= 4 is 26.0 Å². The topological polar surface area (TPSA) is 46.2 Å². The van der Waals surface area contributed by atoms with Gasteiger partial charge in [0.2, 0.25) is 10.0 Å². The van der Waals surface area contributed by atoms with E-state index in [0.29, 0.717) is 4.90 Å². The number of benzene rings is 1. The Labute approximate surface area is 91.7 Å². The molecule has 0 fully saturated rings. The second-order valence-electron chi connectivity index (χ2n) is 3.87. The fraction of sp³-hybridized carbons (Fsp3) is 0.333. The van der Waals surface area contributed by atoms with Gasteiger partial charge in [-0.1, -0.05) is 15.9 Å². The minimum absolute atomic E-state index is 0.380. The molecule has 1 aliphatic heterocycles. The van der Waals surface area contributed by atoms with Gasteiger partial charge in [0.15, 0.2) is 0 Å². The third-order valence-electron chi connectivity index (χ3n) is 2.29. The molecule has 0 saturated carbocycles. The summed E-state index contributed by atoms with van der Waals surface area (Å²) < 4.78 is 26.8. The van der Waals surface area contributed by atoms with E-state index in [-0.39, 0.29) is 0 Å². The first kappa shape index (κ1) is 10.1. The van der Waals surface area contributed by atoms with Crippen molar-refractivity contribution in [2.45, 2.75) is 24.3 Å². The third kappa shape index (κ3) is 1.39. The monoisotopic (exact) mass is 275 g/mol. The Morgan fingerprint density at radius 1 is 1.36 bits per heavy atom. The van der Waals surface area contributed by atoms with Crippen molar-refractivity contribution in [3.63, 3.8) is 0 Å². The maximum absolute atomic E-state index is 11.7. The van der Waals surface area contributed by atoms with Gasteiger partial charge in [-0.05, 0) is 37.6 Å². The highest BCUT2D eigenvalue weighted by atomic mass is 79.9. The summed E-state index contributed by atoms with van der Waals surface area (Å²) in [7, 11) is -3.30. The maximum atomic E-state index is 11.7. The van der Waals surface area contributed by atoms with E-state index in [1.165, 1.54) is 0 Å². The van der Waals surface area contributed by atoms with Crippen LogP contribution in [0.1, 0.15) is 19.4 Å². The van der Waals surface area contributed by atoms with Crippen molar-refractivity contribution in [1.82, 2.24) is 4.72 Å². The fourth-order valence-electron chi connectivity index (χ4n) is 1.67. The van der Waals surface area contributed by atoms with E-state index < -0.39 is 15.6 Å². The average Bonchev–Trinajstić information content (AvgIpc) is 2.17. The number of nitrogens with one attached hydrogen (secondary N) is 1. The largest absolute Gasteiger partial charge is 0.241 e. The molecule has 14 heavy (non-hydrogen) atoms. The molecule has 5 heteroatoms. The molecule has 2 rings (SSSR count). The van der Waals surface area contributed by atoms with Crippen molar-refractivity contribution in [2.24, 2.45) is 0 Å². The number of hydrogen-bond donors (Lipinski definition) is 1. The van der Waals surface area contributed by atoms with Gasteiger partial charge in [0, 0.05) is 4.47 Å². The summed E-state index contributed by atoms with van der Waals surface area (Å²) in [5, 5.41) is 0.